The van der Waals surface area contributed by atoms with E-state index < -0.39 is 0 Å². The molecule has 0 bridgehead atoms. The van der Waals surface area contributed by atoms with E-state index in [2.05, 4.69) is 41.0 Å². The topological polar surface area (TPSA) is 41.1 Å². The van der Waals surface area contributed by atoms with Gasteiger partial charge in [0.15, 0.2) is 0 Å². The van der Waals surface area contributed by atoms with Crippen LogP contribution in [0.25, 0.3) is 0 Å². The number of anilines is 1. The van der Waals surface area contributed by atoms with Gasteiger partial charge in [0, 0.05) is 19.6 Å². The van der Waals surface area contributed by atoms with Crippen molar-refractivity contribution in [3.8, 4) is 0 Å². The maximum absolute atomic E-state index is 4.53. The molecule has 19 heavy (non-hydrogen) atoms. The molecule has 4 heteroatoms. The van der Waals surface area contributed by atoms with Gasteiger partial charge in [0.25, 0.3) is 0 Å². The summed E-state index contributed by atoms with van der Waals surface area (Å²) in [6, 6.07) is 0. The van der Waals surface area contributed by atoms with Crippen LogP contribution in [-0.2, 0) is 6.54 Å². The first-order valence-corrected chi connectivity index (χ1v) is 7.21. The summed E-state index contributed by atoms with van der Waals surface area (Å²) < 4.78 is 0. The molecule has 1 aromatic rings. The van der Waals surface area contributed by atoms with Crippen LogP contribution < -0.4 is 10.2 Å². The zero-order chi connectivity index (χ0) is 13.9. The molecule has 0 aliphatic carbocycles. The number of hydrogen-bond donors (Lipinski definition) is 1. The first kappa shape index (κ1) is 14.3. The van der Waals surface area contributed by atoms with E-state index in [1.54, 1.807) is 0 Å². The minimum atomic E-state index is 0.425. The second-order valence-electron chi connectivity index (χ2n) is 6.52. The summed E-state index contributed by atoms with van der Waals surface area (Å²) in [6.07, 6.45) is 6.29. The van der Waals surface area contributed by atoms with Crippen LogP contribution in [0.2, 0.25) is 0 Å². The van der Waals surface area contributed by atoms with Gasteiger partial charge < -0.3 is 10.2 Å². The third-order valence-corrected chi connectivity index (χ3v) is 4.09. The summed E-state index contributed by atoms with van der Waals surface area (Å²) in [5.41, 5.74) is 1.42. The third kappa shape index (κ3) is 3.66. The van der Waals surface area contributed by atoms with Gasteiger partial charge in [-0.2, -0.15) is 0 Å². The normalized spacial score (nSPS) is 17.8. The molecule has 1 aromatic heterocycles. The molecule has 0 amide bonds. The summed E-state index contributed by atoms with van der Waals surface area (Å²) in [4.78, 5) is 11.3. The van der Waals surface area contributed by atoms with Gasteiger partial charge in [0.2, 0.25) is 0 Å². The molecular weight excluding hydrogens is 236 g/mol. The summed E-state index contributed by atoms with van der Waals surface area (Å²) in [5.74, 6) is 1.84. The van der Waals surface area contributed by atoms with Gasteiger partial charge in [0.1, 0.15) is 5.82 Å². The van der Waals surface area contributed by atoms with Gasteiger partial charge in [-0.3, -0.25) is 4.98 Å². The average molecular weight is 262 g/mol. The second kappa shape index (κ2) is 5.87. The lowest BCUT2D eigenvalue weighted by atomic mass is 9.75. The molecule has 0 spiro atoms. The van der Waals surface area contributed by atoms with E-state index >= 15 is 0 Å². The monoisotopic (exact) mass is 262 g/mol. The number of aromatic nitrogens is 2. The molecule has 0 aromatic carbocycles. The van der Waals surface area contributed by atoms with Crippen molar-refractivity contribution in [3.63, 3.8) is 0 Å². The van der Waals surface area contributed by atoms with Crippen LogP contribution in [-0.4, -0.2) is 30.1 Å². The van der Waals surface area contributed by atoms with Crippen molar-refractivity contribution in [2.75, 3.05) is 25.0 Å². The molecule has 2 rings (SSSR count). The Balaban J connectivity index is 1.94. The molecule has 1 aliphatic heterocycles. The van der Waals surface area contributed by atoms with E-state index in [1.807, 2.05) is 19.4 Å². The highest BCUT2D eigenvalue weighted by molar-refractivity contribution is 5.36. The number of nitrogens with one attached hydrogen (secondary N) is 1. The number of rotatable bonds is 3. The standard InChI is InChI=1S/C15H26N4/c1-15(2,3)12-5-7-19(8-6-12)14-11-17-13(9-16-4)10-18-14/h10-12,16H,5-9H2,1-4H3. The predicted octanol–water partition coefficient (Wildman–Crippen LogP) is 2.46. The van der Waals surface area contributed by atoms with Crippen LogP contribution in [0.15, 0.2) is 12.4 Å². The zero-order valence-corrected chi connectivity index (χ0v) is 12.6. The highest BCUT2D eigenvalue weighted by atomic mass is 15.2. The van der Waals surface area contributed by atoms with Gasteiger partial charge in [-0.15, -0.1) is 0 Å². The molecule has 0 atom stereocenters. The highest BCUT2D eigenvalue weighted by Gasteiger charge is 2.29. The van der Waals surface area contributed by atoms with Crippen molar-refractivity contribution >= 4 is 5.82 Å². The van der Waals surface area contributed by atoms with Crippen LogP contribution in [0.3, 0.4) is 0 Å². The van der Waals surface area contributed by atoms with E-state index in [-0.39, 0.29) is 0 Å². The van der Waals surface area contributed by atoms with E-state index in [0.29, 0.717) is 5.41 Å². The van der Waals surface area contributed by atoms with Gasteiger partial charge in [-0.1, -0.05) is 20.8 Å². The maximum Gasteiger partial charge on any atom is 0.147 e. The Morgan fingerprint density at radius 1 is 1.21 bits per heavy atom. The Morgan fingerprint density at radius 2 is 1.89 bits per heavy atom. The first-order valence-electron chi connectivity index (χ1n) is 7.21. The molecule has 1 saturated heterocycles. The lowest BCUT2D eigenvalue weighted by molar-refractivity contribution is 0.198. The van der Waals surface area contributed by atoms with Crippen LogP contribution in [0.1, 0.15) is 39.3 Å². The number of piperidine rings is 1. The van der Waals surface area contributed by atoms with Crippen molar-refractivity contribution < 1.29 is 0 Å². The predicted molar refractivity (Wildman–Crippen MR) is 79.2 cm³/mol. The van der Waals surface area contributed by atoms with Crippen molar-refractivity contribution in [1.82, 2.24) is 15.3 Å². The number of nitrogens with zero attached hydrogens (tertiary/aromatic N) is 3. The van der Waals surface area contributed by atoms with Gasteiger partial charge in [-0.05, 0) is 31.2 Å². The Hall–Kier alpha value is -1.16. The Kier molecular flexibility index (Phi) is 4.40. The molecule has 1 N–H and O–H groups in total. The molecule has 2 heterocycles. The first-order chi connectivity index (χ1) is 9.00. The molecule has 4 nitrogen and oxygen atoms in total. The van der Waals surface area contributed by atoms with Crippen LogP contribution in [0, 0.1) is 11.3 Å². The lowest BCUT2D eigenvalue weighted by Crippen LogP contribution is -2.38. The van der Waals surface area contributed by atoms with E-state index in [0.717, 1.165) is 37.1 Å². The summed E-state index contributed by atoms with van der Waals surface area (Å²) in [7, 11) is 1.92. The van der Waals surface area contributed by atoms with Crippen LogP contribution >= 0.6 is 0 Å². The molecule has 1 aliphatic rings. The summed E-state index contributed by atoms with van der Waals surface area (Å²) in [6.45, 7) is 10.0. The average Bonchev–Trinajstić information content (AvgIpc) is 2.39. The fourth-order valence-electron chi connectivity index (χ4n) is 2.76. The molecule has 0 saturated carbocycles. The minimum absolute atomic E-state index is 0.425. The number of hydrogen-bond acceptors (Lipinski definition) is 4. The summed E-state index contributed by atoms with van der Waals surface area (Å²) in [5, 5.41) is 3.09. The molecule has 1 fully saturated rings. The van der Waals surface area contributed by atoms with E-state index in [9.17, 15) is 0 Å². The van der Waals surface area contributed by atoms with Crippen LogP contribution in [0.5, 0.6) is 0 Å². The minimum Gasteiger partial charge on any atom is -0.355 e. The van der Waals surface area contributed by atoms with Crippen molar-refractivity contribution in [1.29, 1.82) is 0 Å². The van der Waals surface area contributed by atoms with Crippen LogP contribution in [0.4, 0.5) is 5.82 Å². The third-order valence-electron chi connectivity index (χ3n) is 4.09. The highest BCUT2D eigenvalue weighted by Crippen LogP contribution is 2.34. The van der Waals surface area contributed by atoms with Gasteiger partial charge in [-0.25, -0.2) is 4.98 Å². The lowest BCUT2D eigenvalue weighted by Gasteiger charge is -2.39. The molecular formula is C15H26N4. The Morgan fingerprint density at radius 3 is 2.37 bits per heavy atom. The van der Waals surface area contributed by atoms with Crippen molar-refractivity contribution in [3.05, 3.63) is 18.1 Å². The fraction of sp³-hybridized carbons (Fsp3) is 0.733. The van der Waals surface area contributed by atoms with E-state index in [4.69, 9.17) is 0 Å². The Bertz CT molecular complexity index is 386. The molecule has 0 radical (unpaired) electrons. The van der Waals surface area contributed by atoms with Crippen molar-refractivity contribution in [2.24, 2.45) is 11.3 Å². The van der Waals surface area contributed by atoms with Crippen molar-refractivity contribution in [2.45, 2.75) is 40.2 Å². The van der Waals surface area contributed by atoms with Gasteiger partial charge >= 0.3 is 0 Å². The quantitative estimate of drug-likeness (QED) is 0.908. The Labute approximate surface area is 116 Å². The van der Waals surface area contributed by atoms with E-state index in [1.165, 1.54) is 12.8 Å². The second-order valence-corrected chi connectivity index (χ2v) is 6.52. The SMILES string of the molecule is CNCc1cnc(N2CCC(C(C)(C)C)CC2)cn1. The molecule has 106 valence electrons. The smallest absolute Gasteiger partial charge is 0.147 e. The summed E-state index contributed by atoms with van der Waals surface area (Å²) >= 11 is 0. The maximum atomic E-state index is 4.53. The molecule has 0 unspecified atom stereocenters. The van der Waals surface area contributed by atoms with Gasteiger partial charge in [0.05, 0.1) is 18.1 Å². The largest absolute Gasteiger partial charge is 0.355 e. The zero-order valence-electron chi connectivity index (χ0n) is 12.6. The fourth-order valence-corrected chi connectivity index (χ4v) is 2.76.